The Morgan fingerprint density at radius 2 is 2.27 bits per heavy atom. The molecule has 0 amide bonds. The van der Waals surface area contributed by atoms with E-state index in [-0.39, 0.29) is 0 Å². The summed E-state index contributed by atoms with van der Waals surface area (Å²) in [5, 5.41) is 0.880. The number of allylic oxidation sites excluding steroid dienone is 2. The highest BCUT2D eigenvalue weighted by Gasteiger charge is 1.84. The first-order valence-corrected chi connectivity index (χ1v) is 3.57. The van der Waals surface area contributed by atoms with Crippen molar-refractivity contribution in [2.45, 2.75) is 13.8 Å². The first kappa shape index (κ1) is 7.79. The number of aromatic nitrogens is 1. The molecule has 2 nitrogen and oxygen atoms in total. The molecule has 58 valence electrons. The summed E-state index contributed by atoms with van der Waals surface area (Å²) in [7, 11) is 0. The average Bonchev–Trinajstić information content (AvgIpc) is 2.47. The van der Waals surface area contributed by atoms with E-state index in [1.165, 1.54) is 6.39 Å². The Hall–Kier alpha value is -1.31. The molecule has 0 bridgehead atoms. The van der Waals surface area contributed by atoms with E-state index in [1.54, 1.807) is 0 Å². The zero-order valence-corrected chi connectivity index (χ0v) is 6.74. The summed E-state index contributed by atoms with van der Waals surface area (Å²) in [6.07, 6.45) is 9.14. The Morgan fingerprint density at radius 3 is 2.91 bits per heavy atom. The second-order valence-corrected chi connectivity index (χ2v) is 2.08. The van der Waals surface area contributed by atoms with Crippen LogP contribution in [0.1, 0.15) is 13.8 Å². The first-order chi connectivity index (χ1) is 5.38. The van der Waals surface area contributed by atoms with Crippen LogP contribution in [0.2, 0.25) is 0 Å². The van der Waals surface area contributed by atoms with Gasteiger partial charge in [0, 0.05) is 0 Å². The van der Waals surface area contributed by atoms with Gasteiger partial charge in [0.05, 0.1) is 0 Å². The molecular weight excluding hydrogens is 138 g/mol. The molecule has 0 unspecified atom stereocenters. The van der Waals surface area contributed by atoms with Gasteiger partial charge < -0.3 is 4.42 Å². The van der Waals surface area contributed by atoms with Crippen LogP contribution in [-0.2, 0) is 0 Å². The quantitative estimate of drug-likeness (QED) is 0.591. The predicted molar refractivity (Wildman–Crippen MR) is 45.2 cm³/mol. The Balaban J connectivity index is 3.23. The Kier molecular flexibility index (Phi) is 2.66. The van der Waals surface area contributed by atoms with Gasteiger partial charge in [0.15, 0.2) is 6.39 Å². The summed E-state index contributed by atoms with van der Waals surface area (Å²) in [6, 6.07) is 0. The summed E-state index contributed by atoms with van der Waals surface area (Å²) in [4.78, 5) is 4.02. The van der Waals surface area contributed by atoms with Crippen molar-refractivity contribution >= 4 is 12.2 Å². The number of nitrogens with zero attached hydrogens (tertiary/aromatic N) is 1. The van der Waals surface area contributed by atoms with Crippen molar-refractivity contribution in [2.24, 2.45) is 0 Å². The minimum atomic E-state index is 0.822. The van der Waals surface area contributed by atoms with Crippen molar-refractivity contribution in [1.82, 2.24) is 4.98 Å². The normalized spacial score (nSPS) is 15.1. The lowest BCUT2D eigenvalue weighted by Crippen LogP contribution is -2.20. The molecule has 0 aliphatic rings. The number of hydrogen-bond donors (Lipinski definition) is 0. The molecule has 0 aromatic carbocycles. The molecule has 1 aromatic heterocycles. The highest BCUT2D eigenvalue weighted by molar-refractivity contribution is 5.34. The molecule has 0 fully saturated rings. The van der Waals surface area contributed by atoms with E-state index in [0.29, 0.717) is 0 Å². The fourth-order valence-electron chi connectivity index (χ4n) is 0.792. The van der Waals surface area contributed by atoms with Gasteiger partial charge in [0.2, 0.25) is 0 Å². The number of hydrogen-bond acceptors (Lipinski definition) is 2. The van der Waals surface area contributed by atoms with Gasteiger partial charge in [-0.2, -0.15) is 0 Å². The van der Waals surface area contributed by atoms with Crippen molar-refractivity contribution in [3.05, 3.63) is 29.3 Å². The molecule has 0 aliphatic carbocycles. The van der Waals surface area contributed by atoms with Gasteiger partial charge in [-0.3, -0.25) is 0 Å². The molecule has 1 rings (SSSR count). The molecule has 1 aromatic rings. The lowest BCUT2D eigenvalue weighted by Gasteiger charge is -1.71. The molecule has 0 spiro atoms. The van der Waals surface area contributed by atoms with Crippen LogP contribution in [0.4, 0.5) is 0 Å². The fourth-order valence-corrected chi connectivity index (χ4v) is 0.792. The lowest BCUT2D eigenvalue weighted by molar-refractivity contribution is 0.524. The van der Waals surface area contributed by atoms with Crippen molar-refractivity contribution in [3.8, 4) is 0 Å². The highest BCUT2D eigenvalue weighted by Crippen LogP contribution is 1.70. The number of oxazole rings is 1. The van der Waals surface area contributed by atoms with E-state index in [0.717, 1.165) is 10.8 Å². The van der Waals surface area contributed by atoms with E-state index >= 15 is 0 Å². The molecule has 0 radical (unpaired) electrons. The monoisotopic (exact) mass is 149 g/mol. The Morgan fingerprint density at radius 1 is 1.45 bits per heavy atom. The minimum Gasteiger partial charge on any atom is -0.444 e. The number of rotatable bonds is 1. The van der Waals surface area contributed by atoms with Gasteiger partial charge in [-0.05, 0) is 26.0 Å². The van der Waals surface area contributed by atoms with Crippen LogP contribution in [0.3, 0.4) is 0 Å². The maximum absolute atomic E-state index is 5.08. The highest BCUT2D eigenvalue weighted by atomic mass is 16.3. The maximum Gasteiger partial charge on any atom is 0.181 e. The Labute approximate surface area is 65.6 Å². The molecule has 0 saturated carbocycles. The summed E-state index contributed by atoms with van der Waals surface area (Å²) in [5.41, 5.74) is 0.822. The summed E-state index contributed by atoms with van der Waals surface area (Å²) in [6.45, 7) is 3.89. The van der Waals surface area contributed by atoms with Gasteiger partial charge in [-0.25, -0.2) is 4.98 Å². The molecule has 0 aliphatic heterocycles. The second-order valence-electron chi connectivity index (χ2n) is 2.08. The van der Waals surface area contributed by atoms with Crippen LogP contribution in [-0.4, -0.2) is 4.98 Å². The maximum atomic E-state index is 5.08. The standard InChI is InChI=1S/C9H11NO/c1-3-5-6-8-9(4-2)11-7-10-8/h3-7H,1-2H3/b5-3-,8-6+,9-4+. The zero-order valence-electron chi connectivity index (χ0n) is 6.74. The van der Waals surface area contributed by atoms with Gasteiger partial charge >= 0.3 is 0 Å². The first-order valence-electron chi connectivity index (χ1n) is 3.57. The third kappa shape index (κ3) is 1.80. The molecule has 11 heavy (non-hydrogen) atoms. The van der Waals surface area contributed by atoms with Crippen molar-refractivity contribution < 1.29 is 4.42 Å². The molecule has 0 N–H and O–H groups in total. The van der Waals surface area contributed by atoms with Crippen LogP contribution >= 0.6 is 0 Å². The smallest absolute Gasteiger partial charge is 0.181 e. The SMILES string of the molecule is C\C=C/C=c1/nco/c1=C/C. The predicted octanol–water partition coefficient (Wildman–Crippen LogP) is 0.832. The van der Waals surface area contributed by atoms with Gasteiger partial charge in [0.25, 0.3) is 0 Å². The second kappa shape index (κ2) is 3.76. The van der Waals surface area contributed by atoms with Crippen molar-refractivity contribution in [3.63, 3.8) is 0 Å². The molecule has 0 saturated heterocycles. The molecule has 2 heteroatoms. The Bertz CT molecular complexity index is 346. The van der Waals surface area contributed by atoms with Crippen LogP contribution < -0.4 is 10.8 Å². The fraction of sp³-hybridized carbons (Fsp3) is 0.222. The summed E-state index contributed by atoms with van der Waals surface area (Å²) >= 11 is 0. The molecular formula is C9H11NO. The van der Waals surface area contributed by atoms with Crippen molar-refractivity contribution in [2.75, 3.05) is 0 Å². The van der Waals surface area contributed by atoms with Crippen molar-refractivity contribution in [1.29, 1.82) is 0 Å². The van der Waals surface area contributed by atoms with Crippen LogP contribution in [0, 0.1) is 0 Å². The summed E-state index contributed by atoms with van der Waals surface area (Å²) in [5.74, 6) is 0. The van der Waals surface area contributed by atoms with Crippen LogP contribution in [0.15, 0.2) is 23.0 Å². The third-order valence-electron chi connectivity index (χ3n) is 1.33. The summed E-state index contributed by atoms with van der Waals surface area (Å²) < 4.78 is 5.08. The van der Waals surface area contributed by atoms with Gasteiger partial charge in [-0.1, -0.05) is 12.2 Å². The van der Waals surface area contributed by atoms with E-state index in [4.69, 9.17) is 4.42 Å². The average molecular weight is 149 g/mol. The topological polar surface area (TPSA) is 26.0 Å². The minimum absolute atomic E-state index is 0.822. The van der Waals surface area contributed by atoms with Crippen LogP contribution in [0.5, 0.6) is 0 Å². The van der Waals surface area contributed by atoms with E-state index in [9.17, 15) is 0 Å². The largest absolute Gasteiger partial charge is 0.444 e. The van der Waals surface area contributed by atoms with E-state index in [2.05, 4.69) is 4.98 Å². The van der Waals surface area contributed by atoms with E-state index in [1.807, 2.05) is 38.2 Å². The van der Waals surface area contributed by atoms with Crippen LogP contribution in [0.25, 0.3) is 12.2 Å². The van der Waals surface area contributed by atoms with Gasteiger partial charge in [-0.15, -0.1) is 0 Å². The third-order valence-corrected chi connectivity index (χ3v) is 1.33. The molecule has 1 heterocycles. The zero-order chi connectivity index (χ0) is 8.10. The lowest BCUT2D eigenvalue weighted by atomic mass is 10.4. The molecule has 0 atom stereocenters. The van der Waals surface area contributed by atoms with Gasteiger partial charge in [0.1, 0.15) is 10.8 Å². The van der Waals surface area contributed by atoms with E-state index < -0.39 is 0 Å².